The second-order valence-electron chi connectivity index (χ2n) is 8.06. The highest BCUT2D eigenvalue weighted by atomic mass is 32.2. The lowest BCUT2D eigenvalue weighted by Crippen LogP contribution is -2.33. The van der Waals surface area contributed by atoms with Crippen LogP contribution in [0.4, 0.5) is 0 Å². The first-order chi connectivity index (χ1) is 14.4. The number of ether oxygens (including phenoxy) is 1. The molecule has 3 aromatic rings. The summed E-state index contributed by atoms with van der Waals surface area (Å²) in [6.07, 6.45) is 4.72. The Labute approximate surface area is 174 Å². The van der Waals surface area contributed by atoms with Crippen molar-refractivity contribution >= 4 is 21.1 Å². The van der Waals surface area contributed by atoms with E-state index in [1.54, 1.807) is 17.3 Å². The van der Waals surface area contributed by atoms with Crippen molar-refractivity contribution in [3.05, 3.63) is 35.0 Å². The van der Waals surface area contributed by atoms with E-state index in [0.29, 0.717) is 35.8 Å². The fraction of sp³-hybridized carbons (Fsp3) is 0.550. The predicted octanol–water partition coefficient (Wildman–Crippen LogP) is 3.07. The highest BCUT2D eigenvalue weighted by molar-refractivity contribution is 7.89. The number of rotatable bonds is 6. The van der Waals surface area contributed by atoms with Gasteiger partial charge in [0, 0.05) is 37.3 Å². The number of aryl methyl sites for hydroxylation is 2. The summed E-state index contributed by atoms with van der Waals surface area (Å²) in [5, 5.41) is 8.82. The van der Waals surface area contributed by atoms with E-state index in [9.17, 15) is 8.42 Å². The Bertz CT molecular complexity index is 1160. The number of hydrogen-bond donors (Lipinski definition) is 0. The van der Waals surface area contributed by atoms with Crippen molar-refractivity contribution in [3.8, 4) is 0 Å². The third-order valence-electron chi connectivity index (χ3n) is 6.00. The molecule has 0 aromatic carbocycles. The molecule has 30 heavy (non-hydrogen) atoms. The maximum Gasteiger partial charge on any atom is 0.258 e. The van der Waals surface area contributed by atoms with Gasteiger partial charge in [0.25, 0.3) is 5.71 Å². The van der Waals surface area contributed by atoms with E-state index in [4.69, 9.17) is 13.8 Å². The van der Waals surface area contributed by atoms with Crippen molar-refractivity contribution in [1.82, 2.24) is 19.6 Å². The van der Waals surface area contributed by atoms with Crippen LogP contribution in [0.25, 0.3) is 11.1 Å². The Morgan fingerprint density at radius 3 is 2.53 bits per heavy atom. The van der Waals surface area contributed by atoms with Crippen LogP contribution in [0.2, 0.25) is 0 Å². The minimum absolute atomic E-state index is 0.0168. The van der Waals surface area contributed by atoms with Crippen molar-refractivity contribution in [3.63, 3.8) is 0 Å². The molecule has 1 aliphatic carbocycles. The number of nitrogens with zero attached hydrogens (tertiary/aromatic N) is 4. The third kappa shape index (κ3) is 3.42. The van der Waals surface area contributed by atoms with E-state index >= 15 is 0 Å². The molecule has 0 N–H and O–H groups in total. The van der Waals surface area contributed by atoms with Gasteiger partial charge in [0.05, 0.1) is 23.0 Å². The molecule has 2 fully saturated rings. The van der Waals surface area contributed by atoms with Gasteiger partial charge in [0.2, 0.25) is 10.0 Å². The van der Waals surface area contributed by atoms with Crippen LogP contribution in [-0.4, -0.2) is 47.3 Å². The average molecular weight is 433 g/mol. The second-order valence-corrected chi connectivity index (χ2v) is 9.95. The molecule has 10 heteroatoms. The lowest BCUT2D eigenvalue weighted by molar-refractivity contribution is 0.0840. The van der Waals surface area contributed by atoms with Gasteiger partial charge < -0.3 is 13.8 Å². The fourth-order valence-electron chi connectivity index (χ4n) is 4.03. The fourth-order valence-corrected chi connectivity index (χ4v) is 5.65. The van der Waals surface area contributed by atoms with Crippen LogP contribution in [0.1, 0.15) is 54.3 Å². The van der Waals surface area contributed by atoms with Crippen molar-refractivity contribution < 1.29 is 22.2 Å². The van der Waals surface area contributed by atoms with E-state index in [-0.39, 0.29) is 23.4 Å². The van der Waals surface area contributed by atoms with E-state index < -0.39 is 10.0 Å². The minimum Gasteiger partial charge on any atom is -0.381 e. The molecule has 2 aliphatic rings. The first-order valence-corrected chi connectivity index (χ1v) is 11.7. The topological polar surface area (TPSA) is 112 Å². The zero-order chi connectivity index (χ0) is 20.9. The second kappa shape index (κ2) is 7.44. The summed E-state index contributed by atoms with van der Waals surface area (Å²) in [5.41, 5.74) is 2.65. The van der Waals surface area contributed by atoms with Crippen LogP contribution >= 0.6 is 0 Å². The molecule has 0 amide bonds. The summed E-state index contributed by atoms with van der Waals surface area (Å²) in [7, 11) is -3.76. The van der Waals surface area contributed by atoms with Gasteiger partial charge in [-0.1, -0.05) is 10.3 Å². The molecule has 160 valence electrons. The Kier molecular flexibility index (Phi) is 4.87. The van der Waals surface area contributed by atoms with E-state index in [0.717, 1.165) is 36.9 Å². The molecular formula is C20H24N4O5S. The standard InChI is InChI=1S/C20H24N4O5S/c1-12-18(13(2)28-22-12)11-24(15-3-4-15)30(25,26)16-9-17-19(14-5-7-27-8-6-14)23-29-20(17)21-10-16/h9-10,14-15H,3-8,11H2,1-2H3. The lowest BCUT2D eigenvalue weighted by Gasteiger charge is -2.22. The maximum absolute atomic E-state index is 13.6. The number of aromatic nitrogens is 3. The molecule has 3 aromatic heterocycles. The van der Waals surface area contributed by atoms with Crippen LogP contribution in [-0.2, 0) is 21.3 Å². The first-order valence-electron chi connectivity index (χ1n) is 10.2. The summed E-state index contributed by atoms with van der Waals surface area (Å²) in [6.45, 7) is 5.20. The first kappa shape index (κ1) is 19.7. The predicted molar refractivity (Wildman–Crippen MR) is 106 cm³/mol. The van der Waals surface area contributed by atoms with Crippen molar-refractivity contribution in [2.75, 3.05) is 13.2 Å². The summed E-state index contributed by atoms with van der Waals surface area (Å²) in [6, 6.07) is 1.64. The van der Waals surface area contributed by atoms with Crippen LogP contribution in [0.3, 0.4) is 0 Å². The van der Waals surface area contributed by atoms with Gasteiger partial charge in [-0.15, -0.1) is 0 Å². The van der Waals surface area contributed by atoms with Crippen molar-refractivity contribution in [2.24, 2.45) is 0 Å². The van der Waals surface area contributed by atoms with Gasteiger partial charge in [-0.05, 0) is 45.6 Å². The van der Waals surface area contributed by atoms with E-state index in [1.807, 2.05) is 6.92 Å². The highest BCUT2D eigenvalue weighted by Gasteiger charge is 2.39. The van der Waals surface area contributed by atoms with Crippen LogP contribution in [0, 0.1) is 13.8 Å². The molecule has 1 saturated carbocycles. The van der Waals surface area contributed by atoms with Crippen molar-refractivity contribution in [1.29, 1.82) is 0 Å². The molecule has 4 heterocycles. The lowest BCUT2D eigenvalue weighted by atomic mass is 9.95. The molecular weight excluding hydrogens is 408 g/mol. The molecule has 5 rings (SSSR count). The molecule has 1 aliphatic heterocycles. The van der Waals surface area contributed by atoms with Crippen molar-refractivity contribution in [2.45, 2.75) is 62.9 Å². The van der Waals surface area contributed by atoms with Gasteiger partial charge in [-0.25, -0.2) is 13.4 Å². The Hall–Kier alpha value is -2.30. The molecule has 0 radical (unpaired) electrons. The van der Waals surface area contributed by atoms with Gasteiger partial charge in [-0.2, -0.15) is 4.31 Å². The third-order valence-corrected chi connectivity index (χ3v) is 7.86. The zero-order valence-corrected chi connectivity index (χ0v) is 17.8. The number of sulfonamides is 1. The smallest absolute Gasteiger partial charge is 0.258 e. The van der Waals surface area contributed by atoms with Gasteiger partial charge in [-0.3, -0.25) is 0 Å². The van der Waals surface area contributed by atoms with Gasteiger partial charge in [0.15, 0.2) is 0 Å². The van der Waals surface area contributed by atoms with Gasteiger partial charge >= 0.3 is 0 Å². The highest BCUT2D eigenvalue weighted by Crippen LogP contribution is 2.36. The zero-order valence-electron chi connectivity index (χ0n) is 17.0. The monoisotopic (exact) mass is 432 g/mol. The molecule has 1 saturated heterocycles. The van der Waals surface area contributed by atoms with Crippen LogP contribution < -0.4 is 0 Å². The minimum atomic E-state index is -3.76. The van der Waals surface area contributed by atoms with Crippen LogP contribution in [0.5, 0.6) is 0 Å². The molecule has 0 unspecified atom stereocenters. The van der Waals surface area contributed by atoms with Crippen LogP contribution in [0.15, 0.2) is 26.2 Å². The SMILES string of the molecule is Cc1noc(C)c1CN(C1CC1)S(=O)(=O)c1cnc2onc(C3CCOCC3)c2c1. The number of fused-ring (bicyclic) bond motifs is 1. The molecule has 0 bridgehead atoms. The maximum atomic E-state index is 13.6. The largest absolute Gasteiger partial charge is 0.381 e. The summed E-state index contributed by atoms with van der Waals surface area (Å²) in [4.78, 5) is 4.42. The summed E-state index contributed by atoms with van der Waals surface area (Å²) in [5.74, 6) is 0.823. The summed E-state index contributed by atoms with van der Waals surface area (Å²) < 4.78 is 44.7. The number of pyridine rings is 1. The summed E-state index contributed by atoms with van der Waals surface area (Å²) >= 11 is 0. The average Bonchev–Trinajstić information content (AvgIpc) is 3.41. The molecule has 0 atom stereocenters. The Balaban J connectivity index is 1.52. The van der Waals surface area contributed by atoms with Gasteiger partial charge in [0.1, 0.15) is 10.7 Å². The Morgan fingerprint density at radius 2 is 1.87 bits per heavy atom. The molecule has 9 nitrogen and oxygen atoms in total. The van der Waals surface area contributed by atoms with E-state index in [1.165, 1.54) is 6.20 Å². The molecule has 0 spiro atoms. The number of hydrogen-bond acceptors (Lipinski definition) is 8. The normalized spacial score (nSPS) is 18.5. The quantitative estimate of drug-likeness (QED) is 0.584. The Morgan fingerprint density at radius 1 is 1.10 bits per heavy atom. The van der Waals surface area contributed by atoms with E-state index in [2.05, 4.69) is 15.3 Å².